The van der Waals surface area contributed by atoms with Gasteiger partial charge in [-0.25, -0.2) is 0 Å². The summed E-state index contributed by atoms with van der Waals surface area (Å²) < 4.78 is 0. The van der Waals surface area contributed by atoms with Crippen LogP contribution in [-0.2, 0) is 4.79 Å². The number of nitrogens with one attached hydrogen (secondary N) is 1. The zero-order chi connectivity index (χ0) is 15.0. The minimum absolute atomic E-state index is 0.0462. The van der Waals surface area contributed by atoms with Gasteiger partial charge in [0.15, 0.2) is 0 Å². The van der Waals surface area contributed by atoms with Gasteiger partial charge in [0.2, 0.25) is 5.91 Å². The predicted octanol–water partition coefficient (Wildman–Crippen LogP) is 1.66. The third kappa shape index (κ3) is 3.01. The molecular formula is C16H30N2O2. The summed E-state index contributed by atoms with van der Waals surface area (Å²) in [5.74, 6) is 0.597. The number of carbonyl (C=O) groups is 1. The lowest BCUT2D eigenvalue weighted by Gasteiger charge is -2.46. The molecule has 2 aliphatic rings. The monoisotopic (exact) mass is 282 g/mol. The predicted molar refractivity (Wildman–Crippen MR) is 80.0 cm³/mol. The van der Waals surface area contributed by atoms with E-state index in [9.17, 15) is 4.79 Å². The number of aliphatic hydroxyl groups is 1. The Labute approximate surface area is 122 Å². The molecule has 0 heterocycles. The molecule has 0 saturated heterocycles. The molecule has 20 heavy (non-hydrogen) atoms. The molecule has 4 heteroatoms. The van der Waals surface area contributed by atoms with Gasteiger partial charge in [0.1, 0.15) is 0 Å². The van der Waals surface area contributed by atoms with E-state index in [1.54, 1.807) is 0 Å². The number of nitrogens with two attached hydrogens (primary N) is 1. The van der Waals surface area contributed by atoms with E-state index in [1.165, 1.54) is 0 Å². The van der Waals surface area contributed by atoms with Crippen molar-refractivity contribution in [2.45, 2.75) is 58.9 Å². The summed E-state index contributed by atoms with van der Waals surface area (Å²) in [5.41, 5.74) is 6.29. The lowest BCUT2D eigenvalue weighted by Crippen LogP contribution is -2.52. The standard InChI is InChI=1S/C16H30N2O2/c1-11-13(17)5-4-12(15(11,2)3)14(20)18-10-16(6-7-16)8-9-19/h11-13,19H,4-10,17H2,1-3H3,(H,18,20). The molecule has 4 N–H and O–H groups in total. The fourth-order valence-corrected chi connectivity index (χ4v) is 3.65. The van der Waals surface area contributed by atoms with Crippen LogP contribution in [0, 0.1) is 22.7 Å². The summed E-state index contributed by atoms with van der Waals surface area (Å²) in [5, 5.41) is 12.2. The van der Waals surface area contributed by atoms with Crippen molar-refractivity contribution in [1.82, 2.24) is 5.32 Å². The fourth-order valence-electron chi connectivity index (χ4n) is 3.65. The molecule has 2 saturated carbocycles. The van der Waals surface area contributed by atoms with Gasteiger partial charge in [-0.1, -0.05) is 20.8 Å². The first-order valence-corrected chi connectivity index (χ1v) is 7.96. The SMILES string of the molecule is CC1C(N)CCC(C(=O)NCC2(CCO)CC2)C1(C)C. The molecule has 2 rings (SSSR count). The Bertz CT molecular complexity index is 363. The summed E-state index contributed by atoms with van der Waals surface area (Å²) in [6, 6.07) is 0.207. The van der Waals surface area contributed by atoms with E-state index in [1.807, 2.05) is 0 Å². The van der Waals surface area contributed by atoms with Crippen LogP contribution >= 0.6 is 0 Å². The maximum Gasteiger partial charge on any atom is 0.223 e. The van der Waals surface area contributed by atoms with E-state index < -0.39 is 0 Å². The van der Waals surface area contributed by atoms with Gasteiger partial charge >= 0.3 is 0 Å². The second-order valence-electron chi connectivity index (χ2n) is 7.60. The summed E-state index contributed by atoms with van der Waals surface area (Å²) in [4.78, 5) is 12.5. The average molecular weight is 282 g/mol. The van der Waals surface area contributed by atoms with Crippen LogP contribution in [0.25, 0.3) is 0 Å². The minimum Gasteiger partial charge on any atom is -0.396 e. The third-order valence-corrected chi connectivity index (χ3v) is 6.06. The number of aliphatic hydroxyl groups excluding tert-OH is 1. The zero-order valence-corrected chi connectivity index (χ0v) is 13.1. The minimum atomic E-state index is -0.0462. The van der Waals surface area contributed by atoms with Crippen LogP contribution in [-0.4, -0.2) is 30.2 Å². The lowest BCUT2D eigenvalue weighted by atomic mass is 9.61. The van der Waals surface area contributed by atoms with Crippen LogP contribution < -0.4 is 11.1 Å². The second kappa shape index (κ2) is 5.64. The molecule has 0 aromatic heterocycles. The Kier molecular flexibility index (Phi) is 4.45. The molecule has 2 fully saturated rings. The van der Waals surface area contributed by atoms with Crippen LogP contribution in [0.15, 0.2) is 0 Å². The average Bonchev–Trinajstić information content (AvgIpc) is 3.14. The normalized spacial score (nSPS) is 34.5. The van der Waals surface area contributed by atoms with Gasteiger partial charge in [-0.2, -0.15) is 0 Å². The Morgan fingerprint density at radius 2 is 2.00 bits per heavy atom. The van der Waals surface area contributed by atoms with E-state index in [4.69, 9.17) is 10.8 Å². The van der Waals surface area contributed by atoms with Gasteiger partial charge in [-0.3, -0.25) is 4.79 Å². The molecule has 116 valence electrons. The molecule has 3 atom stereocenters. The fraction of sp³-hybridized carbons (Fsp3) is 0.938. The number of amides is 1. The Hall–Kier alpha value is -0.610. The largest absolute Gasteiger partial charge is 0.396 e. The zero-order valence-electron chi connectivity index (χ0n) is 13.1. The van der Waals surface area contributed by atoms with Crippen molar-refractivity contribution in [1.29, 1.82) is 0 Å². The molecule has 0 spiro atoms. The molecule has 2 aliphatic carbocycles. The molecule has 1 amide bonds. The summed E-state index contributed by atoms with van der Waals surface area (Å²) in [6.07, 6.45) is 4.89. The number of carbonyl (C=O) groups excluding carboxylic acids is 1. The molecular weight excluding hydrogens is 252 g/mol. The van der Waals surface area contributed by atoms with Gasteiger partial charge < -0.3 is 16.2 Å². The van der Waals surface area contributed by atoms with Gasteiger partial charge in [0.05, 0.1) is 0 Å². The number of rotatable bonds is 5. The highest BCUT2D eigenvalue weighted by molar-refractivity contribution is 5.79. The molecule has 0 aliphatic heterocycles. The summed E-state index contributed by atoms with van der Waals surface area (Å²) >= 11 is 0. The van der Waals surface area contributed by atoms with Crippen molar-refractivity contribution < 1.29 is 9.90 Å². The molecule has 0 aromatic rings. The summed E-state index contributed by atoms with van der Waals surface area (Å²) in [7, 11) is 0. The van der Waals surface area contributed by atoms with E-state index >= 15 is 0 Å². The van der Waals surface area contributed by atoms with Crippen molar-refractivity contribution in [2.75, 3.05) is 13.2 Å². The topological polar surface area (TPSA) is 75.4 Å². The molecule has 4 nitrogen and oxygen atoms in total. The summed E-state index contributed by atoms with van der Waals surface area (Å²) in [6.45, 7) is 7.44. The van der Waals surface area contributed by atoms with Crippen molar-refractivity contribution in [3.63, 3.8) is 0 Å². The van der Waals surface area contributed by atoms with E-state index in [2.05, 4.69) is 26.1 Å². The van der Waals surface area contributed by atoms with Crippen molar-refractivity contribution in [2.24, 2.45) is 28.4 Å². The van der Waals surface area contributed by atoms with Gasteiger partial charge in [0.25, 0.3) is 0 Å². The molecule has 3 unspecified atom stereocenters. The maximum atomic E-state index is 12.5. The van der Waals surface area contributed by atoms with Crippen LogP contribution in [0.2, 0.25) is 0 Å². The highest BCUT2D eigenvalue weighted by Crippen LogP contribution is 2.48. The van der Waals surface area contributed by atoms with Crippen LogP contribution in [0.5, 0.6) is 0 Å². The van der Waals surface area contributed by atoms with Crippen LogP contribution in [0.4, 0.5) is 0 Å². The number of hydrogen-bond acceptors (Lipinski definition) is 3. The molecule has 0 radical (unpaired) electrons. The van der Waals surface area contributed by atoms with Gasteiger partial charge in [0, 0.05) is 25.1 Å². The van der Waals surface area contributed by atoms with Crippen LogP contribution in [0.1, 0.15) is 52.9 Å². The van der Waals surface area contributed by atoms with E-state index in [0.717, 1.165) is 38.6 Å². The number of hydrogen-bond donors (Lipinski definition) is 3. The van der Waals surface area contributed by atoms with Crippen molar-refractivity contribution in [3.8, 4) is 0 Å². The third-order valence-electron chi connectivity index (χ3n) is 6.06. The maximum absolute atomic E-state index is 12.5. The highest BCUT2D eigenvalue weighted by atomic mass is 16.3. The Morgan fingerprint density at radius 3 is 2.55 bits per heavy atom. The molecule has 0 aromatic carbocycles. The Morgan fingerprint density at radius 1 is 1.35 bits per heavy atom. The van der Waals surface area contributed by atoms with Crippen LogP contribution in [0.3, 0.4) is 0 Å². The quantitative estimate of drug-likeness (QED) is 0.718. The van der Waals surface area contributed by atoms with Gasteiger partial charge in [-0.15, -0.1) is 0 Å². The smallest absolute Gasteiger partial charge is 0.223 e. The Balaban J connectivity index is 1.92. The highest BCUT2D eigenvalue weighted by Gasteiger charge is 2.46. The lowest BCUT2D eigenvalue weighted by molar-refractivity contribution is -0.132. The molecule has 0 bridgehead atoms. The second-order valence-corrected chi connectivity index (χ2v) is 7.60. The van der Waals surface area contributed by atoms with E-state index in [0.29, 0.717) is 5.92 Å². The first-order chi connectivity index (χ1) is 9.32. The first-order valence-electron chi connectivity index (χ1n) is 7.96. The van der Waals surface area contributed by atoms with Gasteiger partial charge in [-0.05, 0) is 48.9 Å². The first kappa shape index (κ1) is 15.8. The van der Waals surface area contributed by atoms with Crippen molar-refractivity contribution in [3.05, 3.63) is 0 Å². The van der Waals surface area contributed by atoms with E-state index in [-0.39, 0.29) is 35.3 Å². The van der Waals surface area contributed by atoms with Crippen molar-refractivity contribution >= 4 is 5.91 Å².